The first kappa shape index (κ1) is 51.5. The zero-order chi connectivity index (χ0) is 56.0. The van der Waals surface area contributed by atoms with Crippen LogP contribution in [-0.4, -0.2) is 6.71 Å². The summed E-state index contributed by atoms with van der Waals surface area (Å²) in [5.74, 6) is 0. The SMILES string of the molecule is CC(C)(C)c1ccc(N2c3cc(N(c4ccc(-c5ccccc5)cc4)c4ccc(-c5ccccc5)cc4)cc4c3B(c3cc5c(cc3N4c3ccc4c(c3)C(C)(C)CCC4(C)C)C(C)(C)CCC5(C)C)c3sc4ccccc4c32)cc1. The van der Waals surface area contributed by atoms with Crippen molar-refractivity contribution < 1.29 is 0 Å². The van der Waals surface area contributed by atoms with Gasteiger partial charge in [-0.15, -0.1) is 11.3 Å². The number of benzene rings is 9. The zero-order valence-electron chi connectivity index (χ0n) is 49.2. The van der Waals surface area contributed by atoms with Gasteiger partial charge in [-0.1, -0.05) is 204 Å². The Balaban J connectivity index is 1.11. The van der Waals surface area contributed by atoms with Crippen LogP contribution in [0.5, 0.6) is 0 Å². The maximum Gasteiger partial charge on any atom is 0.264 e. The third-order valence-corrected chi connectivity index (χ3v) is 20.6. The first-order chi connectivity index (χ1) is 38.8. The molecule has 2 aliphatic heterocycles. The highest BCUT2D eigenvalue weighted by Gasteiger charge is 2.49. The molecule has 9 aromatic carbocycles. The Morgan fingerprint density at radius 2 is 0.889 bits per heavy atom. The van der Waals surface area contributed by atoms with Crippen LogP contribution in [0.25, 0.3) is 32.3 Å². The van der Waals surface area contributed by atoms with Crippen LogP contribution < -0.4 is 30.4 Å². The molecule has 0 saturated heterocycles. The summed E-state index contributed by atoms with van der Waals surface area (Å²) < 4.78 is 2.72. The first-order valence-electron chi connectivity index (χ1n) is 29.6. The van der Waals surface area contributed by atoms with Crippen molar-refractivity contribution in [3.05, 3.63) is 228 Å². The van der Waals surface area contributed by atoms with Crippen molar-refractivity contribution in [1.82, 2.24) is 0 Å². The molecule has 14 rings (SSSR count). The molecule has 2 aliphatic carbocycles. The highest BCUT2D eigenvalue weighted by Crippen LogP contribution is 2.55. The lowest BCUT2D eigenvalue weighted by Gasteiger charge is -2.48. The minimum absolute atomic E-state index is 0.000679. The number of hydrogen-bond donors (Lipinski definition) is 0. The lowest BCUT2D eigenvalue weighted by atomic mass is 9.35. The second-order valence-electron chi connectivity index (χ2n) is 27.5. The van der Waals surface area contributed by atoms with Gasteiger partial charge < -0.3 is 14.7 Å². The molecule has 402 valence electrons. The van der Waals surface area contributed by atoms with Gasteiger partial charge in [0.15, 0.2) is 0 Å². The minimum atomic E-state index is -0.0179. The fraction of sp³-hybridized carbons (Fsp3) is 0.263. The third kappa shape index (κ3) is 8.42. The number of anilines is 9. The average molecular weight is 1070 g/mol. The van der Waals surface area contributed by atoms with Crippen molar-refractivity contribution in [2.75, 3.05) is 14.7 Å². The van der Waals surface area contributed by atoms with E-state index in [0.29, 0.717) is 0 Å². The van der Waals surface area contributed by atoms with E-state index in [1.165, 1.54) is 116 Å². The highest BCUT2D eigenvalue weighted by molar-refractivity contribution is 7.33. The Kier molecular flexibility index (Phi) is 11.7. The maximum atomic E-state index is 2.72. The molecule has 10 aromatic rings. The Bertz CT molecular complexity index is 4000. The van der Waals surface area contributed by atoms with Gasteiger partial charge in [0.2, 0.25) is 0 Å². The van der Waals surface area contributed by atoms with Crippen molar-refractivity contribution in [3.63, 3.8) is 0 Å². The zero-order valence-corrected chi connectivity index (χ0v) is 50.0. The number of fused-ring (bicyclic) bond motifs is 8. The summed E-state index contributed by atoms with van der Waals surface area (Å²) in [6.07, 6.45) is 4.62. The minimum Gasteiger partial charge on any atom is -0.311 e. The van der Waals surface area contributed by atoms with Crippen LogP contribution >= 0.6 is 11.3 Å². The molecule has 0 spiro atoms. The molecule has 0 N–H and O–H groups in total. The second kappa shape index (κ2) is 18.5. The molecule has 81 heavy (non-hydrogen) atoms. The van der Waals surface area contributed by atoms with Crippen molar-refractivity contribution in [2.45, 2.75) is 129 Å². The van der Waals surface area contributed by atoms with Crippen LogP contribution in [-0.2, 0) is 27.1 Å². The van der Waals surface area contributed by atoms with Gasteiger partial charge in [-0.3, -0.25) is 0 Å². The van der Waals surface area contributed by atoms with Gasteiger partial charge in [0.1, 0.15) is 0 Å². The van der Waals surface area contributed by atoms with Crippen LogP contribution in [0.1, 0.15) is 130 Å². The fourth-order valence-corrected chi connectivity index (χ4v) is 15.6. The van der Waals surface area contributed by atoms with E-state index in [2.05, 4.69) is 291 Å². The van der Waals surface area contributed by atoms with Crippen molar-refractivity contribution in [1.29, 1.82) is 0 Å². The number of nitrogens with zero attached hydrogens (tertiary/aromatic N) is 3. The molecule has 3 nitrogen and oxygen atoms in total. The molecule has 1 aromatic heterocycles. The van der Waals surface area contributed by atoms with Crippen LogP contribution in [0.4, 0.5) is 51.2 Å². The molecular weight excluding hydrogens is 998 g/mol. The lowest BCUT2D eigenvalue weighted by molar-refractivity contribution is 0.332. The first-order valence-corrected chi connectivity index (χ1v) is 30.4. The Labute approximate surface area is 486 Å². The van der Waals surface area contributed by atoms with Crippen LogP contribution in [0.3, 0.4) is 0 Å². The second-order valence-corrected chi connectivity index (χ2v) is 28.6. The normalized spacial score (nSPS) is 17.0. The maximum absolute atomic E-state index is 2.72. The van der Waals surface area contributed by atoms with Gasteiger partial charge in [0.25, 0.3) is 6.71 Å². The van der Waals surface area contributed by atoms with E-state index in [1.54, 1.807) is 0 Å². The molecule has 0 saturated carbocycles. The molecule has 0 atom stereocenters. The summed E-state index contributed by atoms with van der Waals surface area (Å²) in [6.45, 7) is 26.8. The van der Waals surface area contributed by atoms with Gasteiger partial charge in [0, 0.05) is 54.7 Å². The molecule has 0 bridgehead atoms. The Hall–Kier alpha value is -7.60. The molecule has 0 fully saturated rings. The Morgan fingerprint density at radius 3 is 1.44 bits per heavy atom. The van der Waals surface area contributed by atoms with Crippen LogP contribution in [0.15, 0.2) is 200 Å². The fourth-order valence-electron chi connectivity index (χ4n) is 14.3. The molecule has 4 aliphatic rings. The topological polar surface area (TPSA) is 9.72 Å². The molecule has 3 heterocycles. The van der Waals surface area contributed by atoms with Crippen LogP contribution in [0.2, 0.25) is 0 Å². The summed E-state index contributed by atoms with van der Waals surface area (Å²) in [6, 6.07) is 76.8. The largest absolute Gasteiger partial charge is 0.311 e. The summed E-state index contributed by atoms with van der Waals surface area (Å²) in [7, 11) is 0. The summed E-state index contributed by atoms with van der Waals surface area (Å²) in [5, 5.41) is 1.29. The van der Waals surface area contributed by atoms with Crippen molar-refractivity contribution in [3.8, 4) is 22.3 Å². The van der Waals surface area contributed by atoms with Crippen molar-refractivity contribution in [2.24, 2.45) is 0 Å². The third-order valence-electron chi connectivity index (χ3n) is 19.3. The molecule has 5 heteroatoms. The predicted molar refractivity (Wildman–Crippen MR) is 351 cm³/mol. The van der Waals surface area contributed by atoms with E-state index in [0.717, 1.165) is 36.3 Å². The molecule has 0 radical (unpaired) electrons. The quantitative estimate of drug-likeness (QED) is 0.147. The van der Waals surface area contributed by atoms with Crippen molar-refractivity contribution >= 4 is 95.0 Å². The van der Waals surface area contributed by atoms with Gasteiger partial charge in [-0.25, -0.2) is 0 Å². The molecule has 0 unspecified atom stereocenters. The van der Waals surface area contributed by atoms with E-state index < -0.39 is 0 Å². The van der Waals surface area contributed by atoms with Crippen LogP contribution in [0, 0.1) is 0 Å². The number of hydrogen-bond acceptors (Lipinski definition) is 4. The summed E-state index contributed by atoms with van der Waals surface area (Å²) in [5.41, 5.74) is 25.6. The monoisotopic (exact) mass is 1070 g/mol. The van der Waals surface area contributed by atoms with E-state index in [-0.39, 0.29) is 33.8 Å². The lowest BCUT2D eigenvalue weighted by Crippen LogP contribution is -2.61. The van der Waals surface area contributed by atoms with E-state index in [4.69, 9.17) is 0 Å². The number of rotatable bonds is 7. The van der Waals surface area contributed by atoms with Gasteiger partial charge in [-0.2, -0.15) is 0 Å². The standard InChI is InChI=1S/C76H74BN3S/c1-72(2,3)53-30-36-56(37-31-53)80-67-46-58(78(54-32-26-51(27-33-54)49-20-14-12-15-21-49)55-34-28-52(29-35-55)50-22-16-13-17-23-50)45-66-69(67)77(71-70(80)59-24-18-19-25-68(59)81-71)64-47-62-63(76(10,11)43-42-75(62,8)9)48-65(64)79(66)57-38-39-60-61(44-57)74(6,7)41-40-73(60,4)5/h12-39,44-48H,40-43H2,1-11H3. The van der Waals surface area contributed by atoms with Gasteiger partial charge in [-0.05, 0) is 187 Å². The summed E-state index contributed by atoms with van der Waals surface area (Å²) >= 11 is 1.99. The van der Waals surface area contributed by atoms with E-state index in [1.807, 2.05) is 11.3 Å². The van der Waals surface area contributed by atoms with Gasteiger partial charge >= 0.3 is 0 Å². The summed E-state index contributed by atoms with van der Waals surface area (Å²) in [4.78, 5) is 7.89. The Morgan fingerprint density at radius 1 is 0.420 bits per heavy atom. The van der Waals surface area contributed by atoms with E-state index >= 15 is 0 Å². The van der Waals surface area contributed by atoms with Gasteiger partial charge in [0.05, 0.1) is 11.4 Å². The predicted octanol–water partition coefficient (Wildman–Crippen LogP) is 19.8. The number of thiophene rings is 1. The smallest absolute Gasteiger partial charge is 0.264 e. The highest BCUT2D eigenvalue weighted by atomic mass is 32.1. The van der Waals surface area contributed by atoms with E-state index in [9.17, 15) is 0 Å². The average Bonchev–Trinajstić information content (AvgIpc) is 3.28. The molecular formula is C76H74BN3S. The molecule has 0 amide bonds.